The van der Waals surface area contributed by atoms with Crippen molar-refractivity contribution in [3.63, 3.8) is 0 Å². The van der Waals surface area contributed by atoms with Crippen LogP contribution in [0.4, 0.5) is 5.69 Å². The van der Waals surface area contributed by atoms with Crippen molar-refractivity contribution < 1.29 is 9.53 Å². The van der Waals surface area contributed by atoms with Gasteiger partial charge < -0.3 is 14.6 Å². The molecule has 1 heterocycles. The first-order valence-electron chi connectivity index (χ1n) is 13.4. The molecule has 4 nitrogen and oxygen atoms in total. The Balaban J connectivity index is 0.000000583. The van der Waals surface area contributed by atoms with E-state index in [1.807, 2.05) is 56.7 Å². The molecule has 0 aliphatic carbocycles. The van der Waals surface area contributed by atoms with Crippen molar-refractivity contribution in [2.75, 3.05) is 19.0 Å². The first-order valence-corrected chi connectivity index (χ1v) is 13.4. The van der Waals surface area contributed by atoms with Gasteiger partial charge in [0.25, 0.3) is 0 Å². The Labute approximate surface area is 210 Å². The number of ether oxygens (including phenoxy) is 1. The number of para-hydroxylation sites is 1. The summed E-state index contributed by atoms with van der Waals surface area (Å²) in [6, 6.07) is 14.2. The number of carbonyl (C=O) groups excluding carboxylic acids is 1. The summed E-state index contributed by atoms with van der Waals surface area (Å²) in [5, 5.41) is 3.03. The van der Waals surface area contributed by atoms with Gasteiger partial charge in [-0.15, -0.1) is 0 Å². The highest BCUT2D eigenvalue weighted by Crippen LogP contribution is 2.12. The maximum atomic E-state index is 10.5. The number of carbonyl (C=O) groups is 1. The van der Waals surface area contributed by atoms with E-state index in [1.54, 1.807) is 0 Å². The summed E-state index contributed by atoms with van der Waals surface area (Å²) in [5.74, 6) is -0.154. The Morgan fingerprint density at radius 1 is 0.794 bits per heavy atom. The summed E-state index contributed by atoms with van der Waals surface area (Å²) >= 11 is 0. The fraction of sp³-hybridized carbons (Fsp3) is 0.633. The third-order valence-electron chi connectivity index (χ3n) is 5.82. The average Bonchev–Trinajstić information content (AvgIpc) is 3.22. The monoisotopic (exact) mass is 472 g/mol. The van der Waals surface area contributed by atoms with Crippen LogP contribution in [0.3, 0.4) is 0 Å². The van der Waals surface area contributed by atoms with Gasteiger partial charge in [-0.05, 0) is 37.6 Å². The number of hydrogen-bond donors (Lipinski definition) is 1. The molecule has 1 aromatic carbocycles. The van der Waals surface area contributed by atoms with Gasteiger partial charge in [0.15, 0.2) is 0 Å². The molecule has 0 fully saturated rings. The summed E-state index contributed by atoms with van der Waals surface area (Å²) in [4.78, 5) is 10.5. The zero-order valence-corrected chi connectivity index (χ0v) is 22.8. The van der Waals surface area contributed by atoms with Crippen LogP contribution in [0.5, 0.6) is 0 Å². The predicted octanol–water partition coefficient (Wildman–Crippen LogP) is 8.70. The summed E-state index contributed by atoms with van der Waals surface area (Å²) in [5.41, 5.74) is 2.47. The second kappa shape index (κ2) is 23.9. The Hall–Kier alpha value is -2.23. The number of aryl methyl sites for hydroxylation is 2. The number of anilines is 1. The maximum Gasteiger partial charge on any atom is 0.302 e. The Bertz CT molecular complexity index is 666. The summed E-state index contributed by atoms with van der Waals surface area (Å²) in [6.45, 7) is 6.43. The topological polar surface area (TPSA) is 43.3 Å². The lowest BCUT2D eigenvalue weighted by molar-refractivity contribution is -0.141. The van der Waals surface area contributed by atoms with Crippen molar-refractivity contribution in [1.29, 1.82) is 0 Å². The molecule has 0 radical (unpaired) electrons. The number of hydrogen-bond acceptors (Lipinski definition) is 3. The molecule has 0 atom stereocenters. The maximum absolute atomic E-state index is 10.5. The van der Waals surface area contributed by atoms with E-state index in [1.165, 1.54) is 89.7 Å². The van der Waals surface area contributed by atoms with Crippen LogP contribution in [0.15, 0.2) is 48.7 Å². The van der Waals surface area contributed by atoms with Crippen LogP contribution < -0.4 is 5.32 Å². The highest BCUT2D eigenvalue weighted by molar-refractivity contribution is 5.65. The van der Waals surface area contributed by atoms with E-state index in [2.05, 4.69) is 29.8 Å². The van der Waals surface area contributed by atoms with Crippen molar-refractivity contribution >= 4 is 11.7 Å². The minimum Gasteiger partial charge on any atom is -0.466 e. The molecular formula is C30H52N2O2. The van der Waals surface area contributed by atoms with Crippen LogP contribution in [0.25, 0.3) is 0 Å². The highest BCUT2D eigenvalue weighted by atomic mass is 16.5. The lowest BCUT2D eigenvalue weighted by atomic mass is 10.0. The van der Waals surface area contributed by atoms with Gasteiger partial charge in [-0.2, -0.15) is 0 Å². The quantitative estimate of drug-likeness (QED) is 0.208. The van der Waals surface area contributed by atoms with Crippen molar-refractivity contribution in [1.82, 2.24) is 4.57 Å². The molecule has 34 heavy (non-hydrogen) atoms. The second-order valence-corrected chi connectivity index (χ2v) is 8.96. The lowest BCUT2D eigenvalue weighted by Crippen LogP contribution is -2.00. The molecule has 0 saturated heterocycles. The van der Waals surface area contributed by atoms with Crippen molar-refractivity contribution in [2.45, 2.75) is 104 Å². The van der Waals surface area contributed by atoms with E-state index in [-0.39, 0.29) is 5.97 Å². The van der Waals surface area contributed by atoms with Crippen molar-refractivity contribution in [2.24, 2.45) is 7.05 Å². The Morgan fingerprint density at radius 2 is 1.29 bits per heavy atom. The Morgan fingerprint density at radius 3 is 1.62 bits per heavy atom. The van der Waals surface area contributed by atoms with Gasteiger partial charge >= 0.3 is 5.97 Å². The van der Waals surface area contributed by atoms with Crippen LogP contribution in [-0.4, -0.2) is 24.2 Å². The number of benzene rings is 1. The Kier molecular flexibility index (Phi) is 22.3. The number of nitrogens with zero attached hydrogens (tertiary/aromatic N) is 1. The van der Waals surface area contributed by atoms with E-state index in [0.29, 0.717) is 6.61 Å². The van der Waals surface area contributed by atoms with Crippen LogP contribution in [-0.2, 0) is 16.6 Å². The van der Waals surface area contributed by atoms with E-state index >= 15 is 0 Å². The third kappa shape index (κ3) is 21.6. The third-order valence-corrected chi connectivity index (χ3v) is 5.82. The molecule has 0 amide bonds. The molecule has 0 spiro atoms. The lowest BCUT2D eigenvalue weighted by Gasteiger charge is -2.03. The van der Waals surface area contributed by atoms with Gasteiger partial charge in [0.05, 0.1) is 6.61 Å². The molecule has 1 N–H and O–H groups in total. The fourth-order valence-electron chi connectivity index (χ4n) is 3.49. The van der Waals surface area contributed by atoms with Crippen LogP contribution >= 0.6 is 0 Å². The summed E-state index contributed by atoms with van der Waals surface area (Å²) in [7, 11) is 3.95. The van der Waals surface area contributed by atoms with E-state index in [9.17, 15) is 4.79 Å². The number of aromatic nitrogens is 1. The smallest absolute Gasteiger partial charge is 0.302 e. The largest absolute Gasteiger partial charge is 0.466 e. The molecule has 0 unspecified atom stereocenters. The van der Waals surface area contributed by atoms with Crippen LogP contribution in [0, 0.1) is 6.92 Å². The van der Waals surface area contributed by atoms with Gasteiger partial charge in [-0.3, -0.25) is 4.79 Å². The van der Waals surface area contributed by atoms with Gasteiger partial charge in [-0.1, -0.05) is 102 Å². The zero-order chi connectivity index (χ0) is 25.3. The van der Waals surface area contributed by atoms with Gasteiger partial charge in [0.1, 0.15) is 0 Å². The molecule has 1 aromatic heterocycles. The standard InChI is InChI=1S/C17H34O2.C7H9N.C6H9N/c1-3-4-5-6-7-8-9-10-11-12-13-14-15-16-19-17(2)18;1-8-7-5-3-2-4-6-7;1-6-4-3-5-7(6)2/h3-16H2,1-2H3;2-6,8H,1H3;3-5H,1-2H3. The van der Waals surface area contributed by atoms with E-state index < -0.39 is 0 Å². The SMILES string of the molecule is CCCCCCCCCCCCCCCOC(C)=O.CNc1ccccc1.Cc1cccn1C. The molecular weight excluding hydrogens is 420 g/mol. The molecule has 4 heteroatoms. The fourth-order valence-corrected chi connectivity index (χ4v) is 3.49. The van der Waals surface area contributed by atoms with Crippen LogP contribution in [0.2, 0.25) is 0 Å². The first kappa shape index (κ1) is 31.8. The predicted molar refractivity (Wildman–Crippen MR) is 148 cm³/mol. The number of nitrogens with one attached hydrogen (secondary N) is 1. The first-order chi connectivity index (χ1) is 16.5. The number of rotatable bonds is 15. The summed E-state index contributed by atoms with van der Waals surface area (Å²) in [6.07, 6.45) is 19.6. The number of unbranched alkanes of at least 4 members (excludes halogenated alkanes) is 12. The minimum atomic E-state index is -0.154. The number of esters is 1. The van der Waals surface area contributed by atoms with Gasteiger partial charge in [0, 0.05) is 38.6 Å². The van der Waals surface area contributed by atoms with Crippen LogP contribution in [0.1, 0.15) is 103 Å². The van der Waals surface area contributed by atoms with Gasteiger partial charge in [-0.25, -0.2) is 0 Å². The molecule has 0 bridgehead atoms. The highest BCUT2D eigenvalue weighted by Gasteiger charge is 1.95. The molecule has 2 rings (SSSR count). The second-order valence-electron chi connectivity index (χ2n) is 8.96. The van der Waals surface area contributed by atoms with Crippen molar-refractivity contribution in [3.05, 3.63) is 54.4 Å². The van der Waals surface area contributed by atoms with Crippen molar-refractivity contribution in [3.8, 4) is 0 Å². The normalized spacial score (nSPS) is 9.91. The molecule has 0 aliphatic heterocycles. The van der Waals surface area contributed by atoms with Gasteiger partial charge in [0.2, 0.25) is 0 Å². The van der Waals surface area contributed by atoms with E-state index in [0.717, 1.165) is 12.1 Å². The van der Waals surface area contributed by atoms with E-state index in [4.69, 9.17) is 4.74 Å². The molecule has 194 valence electrons. The molecule has 0 aliphatic rings. The molecule has 0 saturated carbocycles. The zero-order valence-electron chi connectivity index (χ0n) is 22.8. The minimum absolute atomic E-state index is 0.154. The average molecular weight is 473 g/mol. The molecule has 2 aromatic rings. The summed E-state index contributed by atoms with van der Waals surface area (Å²) < 4.78 is 6.99.